The van der Waals surface area contributed by atoms with E-state index >= 15 is 0 Å². The maximum absolute atomic E-state index is 12.8. The molecule has 0 spiro atoms. The highest BCUT2D eigenvalue weighted by Crippen LogP contribution is 2.20. The molecule has 0 saturated heterocycles. The van der Waals surface area contributed by atoms with Crippen LogP contribution in [0, 0.1) is 5.82 Å². The molecular weight excluding hydrogens is 201 g/mol. The van der Waals surface area contributed by atoms with E-state index in [9.17, 15) is 4.39 Å². The zero-order valence-corrected chi connectivity index (χ0v) is 8.18. The number of allylic oxidation sites excluding steroid dienone is 1. The Morgan fingerprint density at radius 3 is 3.07 bits per heavy atom. The average molecular weight is 210 g/mol. The Morgan fingerprint density at radius 1 is 1.43 bits per heavy atom. The molecule has 0 aliphatic heterocycles. The molecule has 0 aliphatic carbocycles. The van der Waals surface area contributed by atoms with Gasteiger partial charge in [0.05, 0.1) is 0 Å². The van der Waals surface area contributed by atoms with E-state index in [0.29, 0.717) is 5.88 Å². The molecule has 0 fully saturated rings. The van der Waals surface area contributed by atoms with Crippen molar-refractivity contribution in [3.63, 3.8) is 0 Å². The highest BCUT2D eigenvalue weighted by Gasteiger charge is 2.00. The third-order valence-electron chi connectivity index (χ3n) is 2.06. The van der Waals surface area contributed by atoms with E-state index in [2.05, 4.69) is 4.98 Å². The second-order valence-electron chi connectivity index (χ2n) is 2.99. The van der Waals surface area contributed by atoms with Crippen LogP contribution in [0.15, 0.2) is 30.5 Å². The number of hydrogen-bond donors (Lipinski definition) is 1. The molecule has 14 heavy (non-hydrogen) atoms. The quantitative estimate of drug-likeness (QED) is 0.728. The Bertz CT molecular complexity index is 473. The van der Waals surface area contributed by atoms with Crippen molar-refractivity contribution in [2.45, 2.75) is 0 Å². The van der Waals surface area contributed by atoms with E-state index in [4.69, 9.17) is 11.6 Å². The monoisotopic (exact) mass is 209 g/mol. The lowest BCUT2D eigenvalue weighted by Crippen LogP contribution is -1.73. The molecule has 0 unspecified atom stereocenters. The van der Waals surface area contributed by atoms with Crippen LogP contribution in [0.2, 0.25) is 0 Å². The van der Waals surface area contributed by atoms with Crippen LogP contribution in [-0.4, -0.2) is 10.9 Å². The van der Waals surface area contributed by atoms with Gasteiger partial charge in [-0.05, 0) is 23.8 Å². The maximum atomic E-state index is 12.8. The fourth-order valence-electron chi connectivity index (χ4n) is 1.43. The van der Waals surface area contributed by atoms with Gasteiger partial charge < -0.3 is 4.98 Å². The Labute approximate surface area is 86.2 Å². The molecule has 2 rings (SSSR count). The Hall–Kier alpha value is -1.28. The molecule has 0 radical (unpaired) electrons. The van der Waals surface area contributed by atoms with Crippen LogP contribution >= 0.6 is 11.6 Å². The molecule has 72 valence electrons. The lowest BCUT2D eigenvalue weighted by Gasteiger charge is -1.91. The fraction of sp³-hybridized carbons (Fsp3) is 0.0909. The first-order valence-corrected chi connectivity index (χ1v) is 4.84. The first kappa shape index (κ1) is 9.28. The number of fused-ring (bicyclic) bond motifs is 1. The lowest BCUT2D eigenvalue weighted by molar-refractivity contribution is 0.629. The van der Waals surface area contributed by atoms with Crippen molar-refractivity contribution in [2.24, 2.45) is 0 Å². The van der Waals surface area contributed by atoms with Crippen LogP contribution in [0.25, 0.3) is 17.0 Å². The van der Waals surface area contributed by atoms with E-state index < -0.39 is 0 Å². The number of H-pyrrole nitrogens is 1. The topological polar surface area (TPSA) is 15.8 Å². The van der Waals surface area contributed by atoms with Crippen molar-refractivity contribution in [3.05, 3.63) is 41.9 Å². The molecular formula is C11H9ClFN. The fourth-order valence-corrected chi connectivity index (χ4v) is 1.52. The van der Waals surface area contributed by atoms with Crippen molar-refractivity contribution in [1.82, 2.24) is 4.98 Å². The van der Waals surface area contributed by atoms with E-state index in [0.717, 1.165) is 16.5 Å². The third-order valence-corrected chi connectivity index (χ3v) is 2.24. The van der Waals surface area contributed by atoms with Gasteiger partial charge in [-0.3, -0.25) is 0 Å². The number of aromatic nitrogens is 1. The number of aromatic amines is 1. The SMILES string of the molecule is Fc1ccc2c(C=CCCl)c[nH]c2c1. The van der Waals surface area contributed by atoms with Gasteiger partial charge >= 0.3 is 0 Å². The van der Waals surface area contributed by atoms with Gasteiger partial charge in [-0.2, -0.15) is 0 Å². The average Bonchev–Trinajstić information content (AvgIpc) is 2.57. The largest absolute Gasteiger partial charge is 0.360 e. The smallest absolute Gasteiger partial charge is 0.125 e. The van der Waals surface area contributed by atoms with Crippen molar-refractivity contribution in [3.8, 4) is 0 Å². The molecule has 0 atom stereocenters. The normalized spacial score (nSPS) is 11.6. The number of nitrogens with one attached hydrogen (secondary N) is 1. The zero-order chi connectivity index (χ0) is 9.97. The lowest BCUT2D eigenvalue weighted by atomic mass is 10.1. The highest BCUT2D eigenvalue weighted by molar-refractivity contribution is 6.19. The van der Waals surface area contributed by atoms with Gasteiger partial charge in [0, 0.05) is 23.0 Å². The van der Waals surface area contributed by atoms with Crippen molar-refractivity contribution in [2.75, 3.05) is 5.88 Å². The summed E-state index contributed by atoms with van der Waals surface area (Å²) >= 11 is 5.54. The van der Waals surface area contributed by atoms with Gasteiger partial charge in [0.2, 0.25) is 0 Å². The molecule has 1 aromatic carbocycles. The molecule has 3 heteroatoms. The number of rotatable bonds is 2. The summed E-state index contributed by atoms with van der Waals surface area (Å²) in [5.41, 5.74) is 1.83. The van der Waals surface area contributed by atoms with Crippen LogP contribution in [-0.2, 0) is 0 Å². The van der Waals surface area contributed by atoms with Crippen LogP contribution in [0.3, 0.4) is 0 Å². The molecule has 0 bridgehead atoms. The molecule has 0 saturated carbocycles. The first-order chi connectivity index (χ1) is 6.81. The Kier molecular flexibility index (Phi) is 2.55. The van der Waals surface area contributed by atoms with Gasteiger partial charge in [0.1, 0.15) is 5.82 Å². The highest BCUT2D eigenvalue weighted by atomic mass is 35.5. The summed E-state index contributed by atoms with van der Waals surface area (Å²) in [6.45, 7) is 0. The van der Waals surface area contributed by atoms with Crippen LogP contribution < -0.4 is 0 Å². The van der Waals surface area contributed by atoms with Crippen LogP contribution in [0.5, 0.6) is 0 Å². The van der Waals surface area contributed by atoms with Crippen LogP contribution in [0.4, 0.5) is 4.39 Å². The Balaban J connectivity index is 2.53. The van der Waals surface area contributed by atoms with Gasteiger partial charge in [-0.15, -0.1) is 11.6 Å². The Morgan fingerprint density at radius 2 is 2.29 bits per heavy atom. The zero-order valence-electron chi connectivity index (χ0n) is 7.43. The second-order valence-corrected chi connectivity index (χ2v) is 3.30. The van der Waals surface area contributed by atoms with Gasteiger partial charge in [0.15, 0.2) is 0 Å². The second kappa shape index (κ2) is 3.84. The maximum Gasteiger partial charge on any atom is 0.125 e. The molecule has 0 amide bonds. The summed E-state index contributed by atoms with van der Waals surface area (Å²) in [5, 5.41) is 1.01. The molecule has 1 nitrogen and oxygen atoms in total. The van der Waals surface area contributed by atoms with Gasteiger partial charge in [0.25, 0.3) is 0 Å². The number of halogens is 2. The number of benzene rings is 1. The molecule has 1 heterocycles. The van der Waals surface area contributed by atoms with Gasteiger partial charge in [-0.25, -0.2) is 4.39 Å². The van der Waals surface area contributed by atoms with E-state index in [1.807, 2.05) is 18.3 Å². The summed E-state index contributed by atoms with van der Waals surface area (Å²) in [6.07, 6.45) is 5.62. The van der Waals surface area contributed by atoms with E-state index in [1.54, 1.807) is 6.07 Å². The summed E-state index contributed by atoms with van der Waals surface area (Å²) in [7, 11) is 0. The predicted octanol–water partition coefficient (Wildman–Crippen LogP) is 3.56. The summed E-state index contributed by atoms with van der Waals surface area (Å²) in [4.78, 5) is 3.00. The summed E-state index contributed by atoms with van der Waals surface area (Å²) in [5.74, 6) is 0.251. The summed E-state index contributed by atoms with van der Waals surface area (Å²) < 4.78 is 12.8. The van der Waals surface area contributed by atoms with Crippen molar-refractivity contribution in [1.29, 1.82) is 0 Å². The van der Waals surface area contributed by atoms with E-state index in [1.165, 1.54) is 12.1 Å². The number of alkyl halides is 1. The van der Waals surface area contributed by atoms with Crippen molar-refractivity contribution < 1.29 is 4.39 Å². The van der Waals surface area contributed by atoms with Crippen molar-refractivity contribution >= 4 is 28.6 Å². The molecule has 0 aliphatic rings. The predicted molar refractivity (Wildman–Crippen MR) is 58.0 cm³/mol. The molecule has 1 aromatic heterocycles. The van der Waals surface area contributed by atoms with Gasteiger partial charge in [-0.1, -0.05) is 12.2 Å². The standard InChI is InChI=1S/C11H9ClFN/c12-5-1-2-8-7-14-11-6-9(13)3-4-10(8)11/h1-4,6-7,14H,5H2. The minimum Gasteiger partial charge on any atom is -0.360 e. The summed E-state index contributed by atoms with van der Waals surface area (Å²) in [6, 6.07) is 4.69. The first-order valence-electron chi connectivity index (χ1n) is 4.30. The molecule has 2 aromatic rings. The van der Waals surface area contributed by atoms with E-state index in [-0.39, 0.29) is 5.82 Å². The minimum atomic E-state index is -0.229. The third kappa shape index (κ3) is 1.66. The number of hydrogen-bond acceptors (Lipinski definition) is 0. The van der Waals surface area contributed by atoms with Crippen LogP contribution in [0.1, 0.15) is 5.56 Å². The minimum absolute atomic E-state index is 0.229. The molecule has 1 N–H and O–H groups in total.